The van der Waals surface area contributed by atoms with Crippen molar-refractivity contribution < 1.29 is 74.2 Å². The Morgan fingerprint density at radius 3 is 2.32 bits per heavy atom. The van der Waals surface area contributed by atoms with Gasteiger partial charge in [-0.2, -0.15) is 8.42 Å². The van der Waals surface area contributed by atoms with Crippen LogP contribution in [0.25, 0.3) is 0 Å². The third-order valence-electron chi connectivity index (χ3n) is 3.66. The van der Waals surface area contributed by atoms with E-state index in [9.17, 15) is 18.1 Å². The summed E-state index contributed by atoms with van der Waals surface area (Å²) >= 11 is 0. The molecule has 2 rings (SSSR count). The summed E-state index contributed by atoms with van der Waals surface area (Å²) in [6.07, 6.45) is 5.75. The molecule has 0 aliphatic heterocycles. The summed E-state index contributed by atoms with van der Waals surface area (Å²) in [5.41, 5.74) is 1.18. The van der Waals surface area contributed by atoms with Crippen molar-refractivity contribution in [1.82, 2.24) is 0 Å². The third-order valence-corrected chi connectivity index (χ3v) is 4.54. The Labute approximate surface area is 191 Å². The van der Waals surface area contributed by atoms with Crippen molar-refractivity contribution in [2.45, 2.75) is 43.9 Å². The van der Waals surface area contributed by atoms with E-state index in [1.807, 2.05) is 12.1 Å². The summed E-state index contributed by atoms with van der Waals surface area (Å²) < 4.78 is 37.4. The zero-order chi connectivity index (χ0) is 17.6. The molecule has 25 heavy (non-hydrogen) atoms. The molecule has 0 aromatic heterocycles. The summed E-state index contributed by atoms with van der Waals surface area (Å²) in [7, 11) is -4.53. The summed E-state index contributed by atoms with van der Waals surface area (Å²) in [6, 6.07) is 10.6. The van der Waals surface area contributed by atoms with Gasteiger partial charge in [0.2, 0.25) is 0 Å². The molecule has 5 nitrogen and oxygen atoms in total. The summed E-state index contributed by atoms with van der Waals surface area (Å²) in [4.78, 5) is -0.529. The van der Waals surface area contributed by atoms with E-state index >= 15 is 0 Å². The van der Waals surface area contributed by atoms with Gasteiger partial charge in [0.1, 0.15) is 16.4 Å². The van der Waals surface area contributed by atoms with Crippen LogP contribution in [0, 0.1) is 0 Å². The molecule has 0 bridgehead atoms. The molecule has 1 N–H and O–H groups in total. The minimum Gasteiger partial charge on any atom is -0.872 e. The Kier molecular flexibility index (Phi) is 9.65. The van der Waals surface area contributed by atoms with Crippen LogP contribution in [0.15, 0.2) is 47.4 Å². The quantitative estimate of drug-likeness (QED) is 0.413. The van der Waals surface area contributed by atoms with Crippen molar-refractivity contribution in [3.05, 3.63) is 48.0 Å². The maximum absolute atomic E-state index is 11.4. The molecule has 0 unspecified atom stereocenters. The second-order valence-electron chi connectivity index (χ2n) is 5.64. The fourth-order valence-electron chi connectivity index (χ4n) is 2.38. The summed E-state index contributed by atoms with van der Waals surface area (Å²) in [6.45, 7) is 2.17. The van der Waals surface area contributed by atoms with Crippen LogP contribution in [0.1, 0.15) is 38.2 Å². The molecule has 0 saturated heterocycles. The number of rotatable bonds is 8. The topological polar surface area (TPSA) is 86.7 Å². The Hall–Kier alpha value is -0.414. The molecule has 7 heteroatoms. The average Bonchev–Trinajstić information content (AvgIpc) is 2.54. The van der Waals surface area contributed by atoms with Crippen molar-refractivity contribution in [2.24, 2.45) is 0 Å². The van der Waals surface area contributed by atoms with Crippen LogP contribution >= 0.6 is 0 Å². The standard InChI is InChI=1S/C18H22O5S.K/c1-2-3-4-5-6-14-7-10-16(11-8-14)23-17-12-9-15(19)13-18(17)24(20,21)22;/h7-13,19H,2-6H2,1H3,(H,20,21,22);/q;+1/p-1. The first-order valence-corrected chi connectivity index (χ1v) is 9.39. The Morgan fingerprint density at radius 1 is 1.04 bits per heavy atom. The number of hydrogen-bond acceptors (Lipinski definition) is 4. The predicted octanol–water partition coefficient (Wildman–Crippen LogP) is 0.926. The first-order valence-electron chi connectivity index (χ1n) is 7.95. The number of unbranched alkanes of at least 4 members (excludes halogenated alkanes) is 3. The molecule has 0 amide bonds. The molecule has 0 heterocycles. The van der Waals surface area contributed by atoms with Crippen LogP contribution in [0.3, 0.4) is 0 Å². The Morgan fingerprint density at radius 2 is 1.72 bits per heavy atom. The summed E-state index contributed by atoms with van der Waals surface area (Å²) in [5, 5.41) is 11.3. The zero-order valence-corrected chi connectivity index (χ0v) is 18.5. The summed E-state index contributed by atoms with van der Waals surface area (Å²) in [5.74, 6) is -0.152. The molecule has 0 aliphatic rings. The zero-order valence-electron chi connectivity index (χ0n) is 14.6. The van der Waals surface area contributed by atoms with Gasteiger partial charge in [-0.25, -0.2) is 0 Å². The number of ether oxygens (including phenoxy) is 1. The normalized spacial score (nSPS) is 11.0. The van der Waals surface area contributed by atoms with Gasteiger partial charge < -0.3 is 9.84 Å². The van der Waals surface area contributed by atoms with Gasteiger partial charge in [-0.15, -0.1) is 5.75 Å². The van der Waals surface area contributed by atoms with Gasteiger partial charge in [0.15, 0.2) is 0 Å². The second kappa shape index (κ2) is 10.7. The van der Waals surface area contributed by atoms with Crippen molar-refractivity contribution in [3.8, 4) is 17.2 Å². The van der Waals surface area contributed by atoms with Crippen LogP contribution in [0.4, 0.5) is 0 Å². The van der Waals surface area contributed by atoms with E-state index in [-0.39, 0.29) is 57.1 Å². The molecule has 0 aliphatic carbocycles. The first kappa shape index (κ1) is 22.6. The van der Waals surface area contributed by atoms with Crippen molar-refractivity contribution in [3.63, 3.8) is 0 Å². The molecule has 0 saturated carbocycles. The average molecular weight is 389 g/mol. The predicted molar refractivity (Wildman–Crippen MR) is 90.1 cm³/mol. The van der Waals surface area contributed by atoms with Gasteiger partial charge in [-0.1, -0.05) is 44.4 Å². The van der Waals surface area contributed by atoms with Crippen molar-refractivity contribution in [2.75, 3.05) is 0 Å². The van der Waals surface area contributed by atoms with E-state index < -0.39 is 20.8 Å². The molecule has 0 radical (unpaired) electrons. The third kappa shape index (κ3) is 7.38. The van der Waals surface area contributed by atoms with Crippen LogP contribution in [0.5, 0.6) is 17.2 Å². The van der Waals surface area contributed by atoms with Crippen molar-refractivity contribution >= 4 is 10.1 Å². The fourth-order valence-corrected chi connectivity index (χ4v) is 3.01. The Bertz CT molecular complexity index is 773. The van der Waals surface area contributed by atoms with E-state index in [4.69, 9.17) is 4.74 Å². The van der Waals surface area contributed by atoms with Gasteiger partial charge in [0, 0.05) is 0 Å². The van der Waals surface area contributed by atoms with Gasteiger partial charge in [-0.05, 0) is 42.7 Å². The maximum atomic E-state index is 11.4. The van der Waals surface area contributed by atoms with E-state index in [0.29, 0.717) is 5.75 Å². The molecule has 0 spiro atoms. The maximum Gasteiger partial charge on any atom is 1.00 e. The molecule has 130 valence electrons. The second-order valence-corrected chi connectivity index (χ2v) is 7.03. The molecule has 0 atom stereocenters. The van der Waals surface area contributed by atoms with Gasteiger partial charge in [0.25, 0.3) is 10.1 Å². The molecule has 0 fully saturated rings. The SMILES string of the molecule is CCCCCCc1ccc(Oc2ccc([O-])cc2S(=O)(=O)O)cc1.[K+]. The van der Waals surface area contributed by atoms with Crippen LogP contribution in [-0.4, -0.2) is 13.0 Å². The minimum atomic E-state index is -4.53. The van der Waals surface area contributed by atoms with Crippen LogP contribution in [-0.2, 0) is 16.5 Å². The number of hydrogen-bond donors (Lipinski definition) is 1. The largest absolute Gasteiger partial charge is 1.00 e. The Balaban J connectivity index is 0.00000312. The fraction of sp³-hybridized carbons (Fsp3) is 0.333. The van der Waals surface area contributed by atoms with E-state index in [2.05, 4.69) is 6.92 Å². The first-order chi connectivity index (χ1) is 11.4. The van der Waals surface area contributed by atoms with Crippen LogP contribution in [0.2, 0.25) is 0 Å². The van der Waals surface area contributed by atoms with Crippen molar-refractivity contribution in [1.29, 1.82) is 0 Å². The smallest absolute Gasteiger partial charge is 0.872 e. The van der Waals surface area contributed by atoms with E-state index in [1.165, 1.54) is 37.0 Å². The minimum absolute atomic E-state index is 0. The molecule has 2 aromatic carbocycles. The molecule has 2 aromatic rings. The van der Waals surface area contributed by atoms with E-state index in [0.717, 1.165) is 18.9 Å². The van der Waals surface area contributed by atoms with E-state index in [1.54, 1.807) is 12.1 Å². The molecular weight excluding hydrogens is 367 g/mol. The number of benzene rings is 2. The molecular formula is C18H21KO5S. The number of aryl methyl sites for hydroxylation is 1. The van der Waals surface area contributed by atoms with Gasteiger partial charge in [-0.3, -0.25) is 4.55 Å². The monoisotopic (exact) mass is 388 g/mol. The van der Waals surface area contributed by atoms with Gasteiger partial charge in [0.05, 0.1) is 0 Å². The van der Waals surface area contributed by atoms with Gasteiger partial charge >= 0.3 is 51.4 Å². The van der Waals surface area contributed by atoms with Crippen LogP contribution < -0.4 is 61.2 Å².